The Morgan fingerprint density at radius 2 is 1.87 bits per heavy atom. The van der Waals surface area contributed by atoms with Crippen molar-refractivity contribution in [1.82, 2.24) is 24.6 Å². The second-order valence-corrected chi connectivity index (χ2v) is 6.38. The van der Waals surface area contributed by atoms with Gasteiger partial charge in [-0.25, -0.2) is 4.98 Å². The number of fused-ring (bicyclic) bond motifs is 1. The number of rotatable bonds is 10. The van der Waals surface area contributed by atoms with Crippen molar-refractivity contribution in [3.05, 3.63) is 22.4 Å². The Bertz CT molecular complexity index is 661. The average molecular weight is 319 g/mol. The maximum Gasteiger partial charge on any atom is 0.262 e. The minimum Gasteiger partial charge on any atom is -0.309 e. The molecule has 2 aromatic heterocycles. The number of nitrogens with zero attached hydrogens (tertiary/aromatic N) is 4. The summed E-state index contributed by atoms with van der Waals surface area (Å²) in [5.74, 6) is 0.705. The monoisotopic (exact) mass is 319 g/mol. The van der Waals surface area contributed by atoms with Crippen LogP contribution in [0, 0.1) is 0 Å². The van der Waals surface area contributed by atoms with E-state index in [4.69, 9.17) is 0 Å². The van der Waals surface area contributed by atoms with Gasteiger partial charge in [-0.05, 0) is 20.0 Å². The van der Waals surface area contributed by atoms with Crippen LogP contribution < -0.4 is 5.56 Å². The van der Waals surface area contributed by atoms with Crippen LogP contribution in [0.2, 0.25) is 0 Å². The molecule has 0 radical (unpaired) electrons. The van der Waals surface area contributed by atoms with Gasteiger partial charge in [0.15, 0.2) is 5.65 Å². The third-order valence-electron chi connectivity index (χ3n) is 4.21. The summed E-state index contributed by atoms with van der Waals surface area (Å²) in [7, 11) is 3.88. The maximum atomic E-state index is 12.0. The van der Waals surface area contributed by atoms with Crippen molar-refractivity contribution in [3.63, 3.8) is 0 Å². The van der Waals surface area contributed by atoms with Crippen molar-refractivity contribution in [1.29, 1.82) is 0 Å². The first-order valence-electron chi connectivity index (χ1n) is 8.71. The smallest absolute Gasteiger partial charge is 0.262 e. The first kappa shape index (κ1) is 17.7. The van der Waals surface area contributed by atoms with Gasteiger partial charge in [0, 0.05) is 7.05 Å². The highest BCUT2D eigenvalue weighted by Crippen LogP contribution is 2.09. The SMILES string of the molecule is CCCCCCCCCN(C)Cc1nc2c(cnn2C)c(=O)[nH]1. The lowest BCUT2D eigenvalue weighted by Crippen LogP contribution is -2.23. The van der Waals surface area contributed by atoms with Gasteiger partial charge in [0.2, 0.25) is 0 Å². The average Bonchev–Trinajstić information content (AvgIpc) is 2.88. The maximum absolute atomic E-state index is 12.0. The van der Waals surface area contributed by atoms with Crippen LogP contribution in [0.25, 0.3) is 11.0 Å². The van der Waals surface area contributed by atoms with Crippen molar-refractivity contribution in [2.24, 2.45) is 7.05 Å². The normalized spacial score (nSPS) is 11.7. The molecular weight excluding hydrogens is 290 g/mol. The molecule has 2 heterocycles. The van der Waals surface area contributed by atoms with E-state index in [2.05, 4.69) is 33.9 Å². The van der Waals surface area contributed by atoms with Gasteiger partial charge in [-0.1, -0.05) is 45.4 Å². The molecule has 0 fully saturated rings. The third-order valence-corrected chi connectivity index (χ3v) is 4.21. The van der Waals surface area contributed by atoms with Gasteiger partial charge < -0.3 is 4.98 Å². The van der Waals surface area contributed by atoms with Crippen LogP contribution in [-0.4, -0.2) is 38.2 Å². The number of aryl methyl sites for hydroxylation is 1. The van der Waals surface area contributed by atoms with Crippen molar-refractivity contribution >= 4 is 11.0 Å². The van der Waals surface area contributed by atoms with Crippen molar-refractivity contribution in [2.45, 2.75) is 58.4 Å². The molecule has 0 unspecified atom stereocenters. The molecule has 6 nitrogen and oxygen atoms in total. The molecule has 0 aliphatic heterocycles. The van der Waals surface area contributed by atoms with Crippen LogP contribution in [-0.2, 0) is 13.6 Å². The zero-order chi connectivity index (χ0) is 16.7. The topological polar surface area (TPSA) is 66.8 Å². The quantitative estimate of drug-likeness (QED) is 0.684. The fourth-order valence-electron chi connectivity index (χ4n) is 2.83. The molecule has 2 rings (SSSR count). The molecule has 0 saturated carbocycles. The fourth-order valence-corrected chi connectivity index (χ4v) is 2.83. The summed E-state index contributed by atoms with van der Waals surface area (Å²) >= 11 is 0. The van der Waals surface area contributed by atoms with Gasteiger partial charge in [0.05, 0.1) is 12.7 Å². The van der Waals surface area contributed by atoms with Crippen LogP contribution in [0.1, 0.15) is 57.7 Å². The van der Waals surface area contributed by atoms with E-state index in [0.29, 0.717) is 23.4 Å². The molecule has 1 N–H and O–H groups in total. The molecule has 0 aliphatic rings. The highest BCUT2D eigenvalue weighted by atomic mass is 16.1. The van der Waals surface area contributed by atoms with Crippen molar-refractivity contribution in [3.8, 4) is 0 Å². The van der Waals surface area contributed by atoms with E-state index < -0.39 is 0 Å². The van der Waals surface area contributed by atoms with E-state index in [-0.39, 0.29) is 5.56 Å². The summed E-state index contributed by atoms with van der Waals surface area (Å²) in [4.78, 5) is 21.6. The van der Waals surface area contributed by atoms with Gasteiger partial charge in [-0.15, -0.1) is 0 Å². The highest BCUT2D eigenvalue weighted by Gasteiger charge is 2.09. The van der Waals surface area contributed by atoms with Crippen LogP contribution in [0.15, 0.2) is 11.0 Å². The molecular formula is C17H29N5O. The molecule has 0 spiro atoms. The Morgan fingerprint density at radius 1 is 1.17 bits per heavy atom. The lowest BCUT2D eigenvalue weighted by atomic mass is 10.1. The van der Waals surface area contributed by atoms with Gasteiger partial charge in [0.25, 0.3) is 5.56 Å². The summed E-state index contributed by atoms with van der Waals surface area (Å²) in [5, 5.41) is 4.64. The summed E-state index contributed by atoms with van der Waals surface area (Å²) < 4.78 is 1.64. The first-order chi connectivity index (χ1) is 11.1. The van der Waals surface area contributed by atoms with E-state index in [0.717, 1.165) is 6.54 Å². The minimum atomic E-state index is -0.109. The molecule has 23 heavy (non-hydrogen) atoms. The lowest BCUT2D eigenvalue weighted by molar-refractivity contribution is 0.308. The number of hydrogen-bond donors (Lipinski definition) is 1. The molecule has 0 atom stereocenters. The highest BCUT2D eigenvalue weighted by molar-refractivity contribution is 5.72. The zero-order valence-electron chi connectivity index (χ0n) is 14.6. The van der Waals surface area contributed by atoms with Gasteiger partial charge in [-0.3, -0.25) is 14.4 Å². The number of unbranched alkanes of at least 4 members (excludes halogenated alkanes) is 6. The Morgan fingerprint density at radius 3 is 2.61 bits per heavy atom. The van der Waals surface area contributed by atoms with E-state index in [9.17, 15) is 4.79 Å². The van der Waals surface area contributed by atoms with E-state index in [1.165, 1.54) is 44.9 Å². The largest absolute Gasteiger partial charge is 0.309 e. The predicted molar refractivity (Wildman–Crippen MR) is 93.5 cm³/mol. The predicted octanol–water partition coefficient (Wildman–Crippen LogP) is 2.84. The van der Waals surface area contributed by atoms with Gasteiger partial charge in [0.1, 0.15) is 11.2 Å². The van der Waals surface area contributed by atoms with Gasteiger partial charge >= 0.3 is 0 Å². The zero-order valence-corrected chi connectivity index (χ0v) is 14.6. The summed E-state index contributed by atoms with van der Waals surface area (Å²) in [5.41, 5.74) is 0.537. The van der Waals surface area contributed by atoms with Crippen molar-refractivity contribution in [2.75, 3.05) is 13.6 Å². The van der Waals surface area contributed by atoms with E-state index in [1.54, 1.807) is 17.9 Å². The van der Waals surface area contributed by atoms with Crippen LogP contribution in [0.5, 0.6) is 0 Å². The fraction of sp³-hybridized carbons (Fsp3) is 0.706. The van der Waals surface area contributed by atoms with E-state index >= 15 is 0 Å². The number of nitrogens with one attached hydrogen (secondary N) is 1. The number of aromatic amines is 1. The molecule has 0 aromatic carbocycles. The molecule has 0 aliphatic carbocycles. The second-order valence-electron chi connectivity index (χ2n) is 6.38. The van der Waals surface area contributed by atoms with Crippen molar-refractivity contribution < 1.29 is 0 Å². The van der Waals surface area contributed by atoms with Crippen LogP contribution >= 0.6 is 0 Å². The first-order valence-corrected chi connectivity index (χ1v) is 8.71. The lowest BCUT2D eigenvalue weighted by Gasteiger charge is -2.15. The number of H-pyrrole nitrogens is 1. The Hall–Kier alpha value is -1.69. The Balaban J connectivity index is 1.78. The van der Waals surface area contributed by atoms with Gasteiger partial charge in [-0.2, -0.15) is 5.10 Å². The standard InChI is InChI=1S/C17H29N5O/c1-4-5-6-7-8-9-10-11-21(2)13-15-19-16-14(17(23)20-15)12-18-22(16)3/h12H,4-11,13H2,1-3H3,(H,19,20,23). The third kappa shape index (κ3) is 5.16. The van der Waals surface area contributed by atoms with Crippen LogP contribution in [0.3, 0.4) is 0 Å². The minimum absolute atomic E-state index is 0.109. The molecule has 0 saturated heterocycles. The number of hydrogen-bond acceptors (Lipinski definition) is 4. The van der Waals surface area contributed by atoms with E-state index in [1.807, 2.05) is 0 Å². The Labute approximate surface area is 137 Å². The molecule has 0 bridgehead atoms. The molecule has 128 valence electrons. The molecule has 0 amide bonds. The van der Waals surface area contributed by atoms with Crippen LogP contribution in [0.4, 0.5) is 0 Å². The summed E-state index contributed by atoms with van der Waals surface area (Å²) in [6.45, 7) is 3.93. The molecule has 2 aromatic rings. The number of aromatic nitrogens is 4. The summed E-state index contributed by atoms with van der Waals surface area (Å²) in [6, 6.07) is 0. The molecule has 6 heteroatoms. The Kier molecular flexibility index (Phi) is 6.77. The second kappa shape index (κ2) is 8.82. The summed E-state index contributed by atoms with van der Waals surface area (Å²) in [6.07, 6.45) is 10.7.